The van der Waals surface area contributed by atoms with Crippen molar-refractivity contribution in [2.24, 2.45) is 0 Å². The topological polar surface area (TPSA) is 35.5 Å². The first-order valence-electron chi connectivity index (χ1n) is 4.87. The molecule has 0 N–H and O–H groups in total. The molecule has 0 radical (unpaired) electrons. The van der Waals surface area contributed by atoms with E-state index in [1.54, 1.807) is 19.1 Å². The van der Waals surface area contributed by atoms with E-state index in [-0.39, 0.29) is 10.6 Å². The molecule has 1 aliphatic heterocycles. The molecule has 1 aromatic carbocycles. The molecule has 0 fully saturated rings. The number of fused-ring (bicyclic) bond motifs is 1. The van der Waals surface area contributed by atoms with E-state index in [4.69, 9.17) is 21.1 Å². The van der Waals surface area contributed by atoms with Crippen LogP contribution in [0.1, 0.15) is 17.3 Å². The molecule has 1 aliphatic rings. The lowest BCUT2D eigenvalue weighted by Crippen LogP contribution is -2.17. The van der Waals surface area contributed by atoms with Gasteiger partial charge in [0.1, 0.15) is 13.2 Å². The maximum absolute atomic E-state index is 11.8. The van der Waals surface area contributed by atoms with E-state index >= 15 is 0 Å². The van der Waals surface area contributed by atoms with Gasteiger partial charge in [0.25, 0.3) is 0 Å². The number of halogens is 2. The molecular weight excluding hydrogens is 295 g/mol. The second kappa shape index (κ2) is 4.63. The van der Waals surface area contributed by atoms with E-state index in [0.29, 0.717) is 35.3 Å². The molecule has 1 unspecified atom stereocenters. The fraction of sp³-hybridized carbons (Fsp3) is 0.364. The summed E-state index contributed by atoms with van der Waals surface area (Å²) in [5, 5.41) is 0.389. The molecule has 16 heavy (non-hydrogen) atoms. The second-order valence-electron chi connectivity index (χ2n) is 3.46. The van der Waals surface area contributed by atoms with E-state index in [9.17, 15) is 4.79 Å². The van der Waals surface area contributed by atoms with Crippen molar-refractivity contribution in [2.45, 2.75) is 11.8 Å². The number of carbonyl (C=O) groups excluding carboxylic acids is 1. The summed E-state index contributed by atoms with van der Waals surface area (Å²) in [7, 11) is 0. The minimum atomic E-state index is -0.271. The summed E-state index contributed by atoms with van der Waals surface area (Å²) in [6.45, 7) is 2.76. The van der Waals surface area contributed by atoms with Crippen molar-refractivity contribution in [3.63, 3.8) is 0 Å². The third kappa shape index (κ3) is 2.18. The summed E-state index contributed by atoms with van der Waals surface area (Å²) in [5.74, 6) is 1.10. The van der Waals surface area contributed by atoms with Gasteiger partial charge in [0, 0.05) is 11.6 Å². The lowest BCUT2D eigenvalue weighted by atomic mass is 10.1. The third-order valence-electron chi connectivity index (χ3n) is 2.26. The zero-order valence-electron chi connectivity index (χ0n) is 8.63. The first-order valence-corrected chi connectivity index (χ1v) is 6.16. The number of rotatable bonds is 2. The lowest BCUT2D eigenvalue weighted by Gasteiger charge is -2.19. The molecule has 0 saturated carbocycles. The first-order chi connectivity index (χ1) is 7.59. The maximum atomic E-state index is 11.8. The minimum absolute atomic E-state index is 0.0676. The zero-order chi connectivity index (χ0) is 11.7. The Kier molecular flexibility index (Phi) is 3.40. The number of alkyl halides is 1. The van der Waals surface area contributed by atoms with Crippen molar-refractivity contribution in [1.82, 2.24) is 0 Å². The predicted octanol–water partition coefficient (Wildman–Crippen LogP) is 3.08. The van der Waals surface area contributed by atoms with Crippen molar-refractivity contribution in [3.05, 3.63) is 22.7 Å². The van der Waals surface area contributed by atoms with Crippen LogP contribution in [0.15, 0.2) is 12.1 Å². The fourth-order valence-corrected chi connectivity index (χ4v) is 1.96. The Bertz CT molecular complexity index is 431. The number of hydrogen-bond donors (Lipinski definition) is 0. The van der Waals surface area contributed by atoms with E-state index < -0.39 is 0 Å². The van der Waals surface area contributed by atoms with Gasteiger partial charge in [0.2, 0.25) is 0 Å². The van der Waals surface area contributed by atoms with E-state index in [1.807, 2.05) is 0 Å². The van der Waals surface area contributed by atoms with Gasteiger partial charge in [-0.05, 0) is 13.0 Å². The largest absolute Gasteiger partial charge is 0.486 e. The summed E-state index contributed by atoms with van der Waals surface area (Å²) < 4.78 is 10.8. The number of ether oxygens (including phenoxy) is 2. The Morgan fingerprint density at radius 3 is 2.50 bits per heavy atom. The number of Topliss-reactive ketones (excluding diaryl/α,β-unsaturated/α-hetero) is 1. The average Bonchev–Trinajstić information content (AvgIpc) is 2.27. The standard InChI is InChI=1S/C11H10BrClO3/c1-6(12)11(14)7-4-9-10(5-8(7)13)16-3-2-15-9/h4-6H,2-3H2,1H3. The van der Waals surface area contributed by atoms with Gasteiger partial charge in [-0.2, -0.15) is 0 Å². The van der Waals surface area contributed by atoms with Crippen molar-refractivity contribution in [1.29, 1.82) is 0 Å². The Hall–Kier alpha value is -0.740. The van der Waals surface area contributed by atoms with Crippen molar-refractivity contribution >= 4 is 33.3 Å². The summed E-state index contributed by atoms with van der Waals surface area (Å²) in [6, 6.07) is 3.26. The van der Waals surface area contributed by atoms with Gasteiger partial charge < -0.3 is 9.47 Å². The number of ketones is 1. The highest BCUT2D eigenvalue weighted by Crippen LogP contribution is 2.36. The Labute approximate surface area is 107 Å². The van der Waals surface area contributed by atoms with Crippen LogP contribution in [0.3, 0.4) is 0 Å². The van der Waals surface area contributed by atoms with Crippen LogP contribution in [0.25, 0.3) is 0 Å². The quantitative estimate of drug-likeness (QED) is 0.622. The van der Waals surface area contributed by atoms with Crippen molar-refractivity contribution in [3.8, 4) is 11.5 Å². The highest BCUT2D eigenvalue weighted by Gasteiger charge is 2.21. The summed E-state index contributed by atoms with van der Waals surface area (Å²) in [4.78, 5) is 11.6. The van der Waals surface area contributed by atoms with Gasteiger partial charge in [0.15, 0.2) is 17.3 Å². The summed E-state index contributed by atoms with van der Waals surface area (Å²) in [5.41, 5.74) is 0.454. The number of hydrogen-bond acceptors (Lipinski definition) is 3. The lowest BCUT2D eigenvalue weighted by molar-refractivity contribution is 0.0994. The number of benzene rings is 1. The van der Waals surface area contributed by atoms with Crippen LogP contribution in [0, 0.1) is 0 Å². The Morgan fingerprint density at radius 1 is 1.38 bits per heavy atom. The van der Waals surface area contributed by atoms with Gasteiger partial charge in [-0.1, -0.05) is 27.5 Å². The molecule has 1 heterocycles. The van der Waals surface area contributed by atoms with Crippen LogP contribution >= 0.6 is 27.5 Å². The molecule has 1 atom stereocenters. The molecule has 5 heteroatoms. The van der Waals surface area contributed by atoms with Gasteiger partial charge in [-0.15, -0.1) is 0 Å². The molecule has 0 aliphatic carbocycles. The second-order valence-corrected chi connectivity index (χ2v) is 5.24. The molecule has 0 bridgehead atoms. The molecular formula is C11H10BrClO3. The van der Waals surface area contributed by atoms with Gasteiger partial charge in [-0.25, -0.2) is 0 Å². The van der Waals surface area contributed by atoms with Gasteiger partial charge >= 0.3 is 0 Å². The molecule has 86 valence electrons. The highest BCUT2D eigenvalue weighted by atomic mass is 79.9. The van der Waals surface area contributed by atoms with Crippen LogP contribution in [0.4, 0.5) is 0 Å². The normalized spacial score (nSPS) is 15.7. The molecule has 1 aromatic rings. The monoisotopic (exact) mass is 304 g/mol. The Balaban J connectivity index is 2.43. The summed E-state index contributed by atoms with van der Waals surface area (Å²) in [6.07, 6.45) is 0. The van der Waals surface area contributed by atoms with Crippen molar-refractivity contribution < 1.29 is 14.3 Å². The highest BCUT2D eigenvalue weighted by molar-refractivity contribution is 9.10. The third-order valence-corrected chi connectivity index (χ3v) is 2.99. The predicted molar refractivity (Wildman–Crippen MR) is 65.2 cm³/mol. The average molecular weight is 306 g/mol. The van der Waals surface area contributed by atoms with Crippen LogP contribution in [0.5, 0.6) is 11.5 Å². The van der Waals surface area contributed by atoms with Crippen LogP contribution in [0.2, 0.25) is 5.02 Å². The maximum Gasteiger partial charge on any atom is 0.177 e. The molecule has 3 nitrogen and oxygen atoms in total. The van der Waals surface area contributed by atoms with E-state index in [0.717, 1.165) is 0 Å². The fourth-order valence-electron chi connectivity index (χ4n) is 1.47. The smallest absolute Gasteiger partial charge is 0.177 e. The van der Waals surface area contributed by atoms with Gasteiger partial charge in [0.05, 0.1) is 9.85 Å². The molecule has 0 aromatic heterocycles. The minimum Gasteiger partial charge on any atom is -0.486 e. The van der Waals surface area contributed by atoms with Crippen LogP contribution in [-0.4, -0.2) is 23.8 Å². The van der Waals surface area contributed by atoms with Gasteiger partial charge in [-0.3, -0.25) is 4.79 Å². The first kappa shape index (κ1) is 11.7. The zero-order valence-corrected chi connectivity index (χ0v) is 11.0. The van der Waals surface area contributed by atoms with Crippen LogP contribution < -0.4 is 9.47 Å². The number of carbonyl (C=O) groups is 1. The molecule has 0 spiro atoms. The molecule has 0 saturated heterocycles. The van der Waals surface area contributed by atoms with E-state index in [2.05, 4.69) is 15.9 Å². The SMILES string of the molecule is CC(Br)C(=O)c1cc2c(cc1Cl)OCCO2. The summed E-state index contributed by atoms with van der Waals surface area (Å²) >= 11 is 9.25. The Morgan fingerprint density at radius 2 is 1.94 bits per heavy atom. The van der Waals surface area contributed by atoms with E-state index in [1.165, 1.54) is 0 Å². The molecule has 2 rings (SSSR count). The molecule has 0 amide bonds. The van der Waals surface area contributed by atoms with Crippen LogP contribution in [-0.2, 0) is 0 Å². The van der Waals surface area contributed by atoms with Crippen molar-refractivity contribution in [2.75, 3.05) is 13.2 Å².